The number of thiophene rings is 1. The largest absolute Gasteiger partial charge is 0.349 e. The molecule has 0 unspecified atom stereocenters. The van der Waals surface area contributed by atoms with Gasteiger partial charge in [-0.05, 0) is 41.3 Å². The number of nitrogens with zero attached hydrogens (tertiary/aromatic N) is 1. The van der Waals surface area contributed by atoms with E-state index in [2.05, 4.69) is 21.2 Å². The lowest BCUT2D eigenvalue weighted by molar-refractivity contribution is 0.0924. The van der Waals surface area contributed by atoms with Gasteiger partial charge in [0.1, 0.15) is 0 Å². The van der Waals surface area contributed by atoms with Gasteiger partial charge >= 0.3 is 0 Å². The molecule has 1 aromatic heterocycles. The summed E-state index contributed by atoms with van der Waals surface area (Å²) in [6.07, 6.45) is 1.96. The fourth-order valence-corrected chi connectivity index (χ4v) is 5.04. The van der Waals surface area contributed by atoms with Gasteiger partial charge in [-0.1, -0.05) is 6.92 Å². The van der Waals surface area contributed by atoms with Crippen molar-refractivity contribution >= 4 is 43.2 Å². The monoisotopic (exact) mass is 394 g/mol. The van der Waals surface area contributed by atoms with Crippen LogP contribution in [0.2, 0.25) is 0 Å². The molecular weight excluding hydrogens is 376 g/mol. The van der Waals surface area contributed by atoms with E-state index >= 15 is 0 Å². The van der Waals surface area contributed by atoms with Crippen LogP contribution in [0.5, 0.6) is 0 Å². The zero-order chi connectivity index (χ0) is 15.5. The molecule has 0 aliphatic carbocycles. The fraction of sp³-hybridized carbons (Fsp3) is 0.615. The quantitative estimate of drug-likeness (QED) is 0.833. The zero-order valence-electron chi connectivity index (χ0n) is 11.8. The first kappa shape index (κ1) is 16.9. The highest BCUT2D eigenvalue weighted by molar-refractivity contribution is 9.11. The summed E-state index contributed by atoms with van der Waals surface area (Å²) in [5.74, 6) is 0.110. The topological polar surface area (TPSA) is 66.5 Å². The maximum absolute atomic E-state index is 12.1. The van der Waals surface area contributed by atoms with Gasteiger partial charge in [-0.3, -0.25) is 4.79 Å². The summed E-state index contributed by atoms with van der Waals surface area (Å²) in [5, 5.41) is 4.78. The molecule has 0 saturated carbocycles. The third-order valence-corrected chi connectivity index (χ3v) is 7.05. The third kappa shape index (κ3) is 4.51. The first-order chi connectivity index (χ1) is 9.92. The molecule has 8 heteroatoms. The second-order valence-electron chi connectivity index (χ2n) is 5.10. The van der Waals surface area contributed by atoms with E-state index in [0.29, 0.717) is 37.9 Å². The van der Waals surface area contributed by atoms with Gasteiger partial charge in [0.15, 0.2) is 0 Å². The Morgan fingerprint density at radius 1 is 1.48 bits per heavy atom. The van der Waals surface area contributed by atoms with Crippen molar-refractivity contribution in [3.8, 4) is 0 Å². The molecule has 1 aliphatic heterocycles. The van der Waals surface area contributed by atoms with Crippen molar-refractivity contribution in [1.82, 2.24) is 9.62 Å². The predicted molar refractivity (Wildman–Crippen MR) is 88.2 cm³/mol. The molecule has 5 nitrogen and oxygen atoms in total. The Kier molecular flexibility index (Phi) is 5.81. The first-order valence-corrected chi connectivity index (χ1v) is 10.2. The van der Waals surface area contributed by atoms with E-state index < -0.39 is 10.0 Å². The molecule has 1 fully saturated rings. The van der Waals surface area contributed by atoms with Gasteiger partial charge in [-0.15, -0.1) is 11.3 Å². The van der Waals surface area contributed by atoms with Gasteiger partial charge in [0.2, 0.25) is 10.0 Å². The number of carbonyl (C=O) groups excluding carboxylic acids is 1. The minimum absolute atomic E-state index is 0.0456. The maximum atomic E-state index is 12.1. The Morgan fingerprint density at radius 2 is 2.14 bits per heavy atom. The van der Waals surface area contributed by atoms with Crippen molar-refractivity contribution in [2.45, 2.75) is 32.2 Å². The highest BCUT2D eigenvalue weighted by atomic mass is 79.9. The van der Waals surface area contributed by atoms with E-state index in [9.17, 15) is 13.2 Å². The highest BCUT2D eigenvalue weighted by Crippen LogP contribution is 2.21. The maximum Gasteiger partial charge on any atom is 0.252 e. The second kappa shape index (κ2) is 7.21. The number of halogens is 1. The standard InChI is InChI=1S/C13H19BrN2O3S2/c1-2-7-21(18,19)16-5-3-11(4-6-16)15-13(17)10-8-12(14)20-9-10/h8-9,11H,2-7H2,1H3,(H,15,17). The number of rotatable bonds is 5. The zero-order valence-corrected chi connectivity index (χ0v) is 15.1. The normalized spacial score (nSPS) is 17.8. The number of carbonyl (C=O) groups is 1. The molecule has 0 radical (unpaired) electrons. The first-order valence-electron chi connectivity index (χ1n) is 6.95. The smallest absolute Gasteiger partial charge is 0.252 e. The lowest BCUT2D eigenvalue weighted by Crippen LogP contribution is -2.47. The molecule has 2 heterocycles. The van der Waals surface area contributed by atoms with Crippen molar-refractivity contribution in [2.75, 3.05) is 18.8 Å². The molecule has 0 aromatic carbocycles. The molecule has 1 aliphatic rings. The Bertz CT molecular complexity index is 592. The Morgan fingerprint density at radius 3 is 2.67 bits per heavy atom. The molecule has 0 spiro atoms. The van der Waals surface area contributed by atoms with Gasteiger partial charge < -0.3 is 5.32 Å². The van der Waals surface area contributed by atoms with E-state index in [-0.39, 0.29) is 17.7 Å². The van der Waals surface area contributed by atoms with Crippen molar-refractivity contribution in [2.24, 2.45) is 0 Å². The van der Waals surface area contributed by atoms with Crippen molar-refractivity contribution in [1.29, 1.82) is 0 Å². The van der Waals surface area contributed by atoms with Crippen LogP contribution in [-0.2, 0) is 10.0 Å². The lowest BCUT2D eigenvalue weighted by Gasteiger charge is -2.31. The van der Waals surface area contributed by atoms with E-state index in [1.54, 1.807) is 15.8 Å². The van der Waals surface area contributed by atoms with E-state index in [0.717, 1.165) is 3.79 Å². The summed E-state index contributed by atoms with van der Waals surface area (Å²) >= 11 is 4.81. The minimum atomic E-state index is -3.12. The summed E-state index contributed by atoms with van der Waals surface area (Å²) < 4.78 is 26.4. The molecule has 1 aromatic rings. The van der Waals surface area contributed by atoms with Gasteiger partial charge in [-0.2, -0.15) is 0 Å². The molecule has 21 heavy (non-hydrogen) atoms. The van der Waals surface area contributed by atoms with Gasteiger partial charge in [-0.25, -0.2) is 12.7 Å². The van der Waals surface area contributed by atoms with Crippen LogP contribution in [0.3, 0.4) is 0 Å². The number of hydrogen-bond acceptors (Lipinski definition) is 4. The number of sulfonamides is 1. The second-order valence-corrected chi connectivity index (χ2v) is 9.48. The summed E-state index contributed by atoms with van der Waals surface area (Å²) in [7, 11) is -3.12. The molecule has 0 bridgehead atoms. The van der Waals surface area contributed by atoms with E-state index in [1.165, 1.54) is 11.3 Å². The Hall–Kier alpha value is -0.440. The van der Waals surface area contributed by atoms with Crippen molar-refractivity contribution in [3.05, 3.63) is 20.8 Å². The molecule has 1 amide bonds. The number of nitrogens with one attached hydrogen (secondary N) is 1. The van der Waals surface area contributed by atoms with Crippen LogP contribution in [0.1, 0.15) is 36.5 Å². The van der Waals surface area contributed by atoms with Gasteiger partial charge in [0.25, 0.3) is 5.91 Å². The van der Waals surface area contributed by atoms with E-state index in [1.807, 2.05) is 6.92 Å². The molecule has 118 valence electrons. The molecule has 1 N–H and O–H groups in total. The van der Waals surface area contributed by atoms with Crippen LogP contribution < -0.4 is 5.32 Å². The van der Waals surface area contributed by atoms with E-state index in [4.69, 9.17) is 0 Å². The molecule has 1 saturated heterocycles. The number of piperidine rings is 1. The van der Waals surface area contributed by atoms with Crippen LogP contribution in [0.4, 0.5) is 0 Å². The summed E-state index contributed by atoms with van der Waals surface area (Å²) in [4.78, 5) is 12.1. The highest BCUT2D eigenvalue weighted by Gasteiger charge is 2.28. The van der Waals surface area contributed by atoms with Crippen LogP contribution in [0, 0.1) is 0 Å². The van der Waals surface area contributed by atoms with Crippen LogP contribution in [0.15, 0.2) is 15.2 Å². The predicted octanol–water partition coefficient (Wildman–Crippen LogP) is 2.44. The van der Waals surface area contributed by atoms with Crippen LogP contribution in [-0.4, -0.2) is 43.5 Å². The van der Waals surface area contributed by atoms with Gasteiger partial charge in [0, 0.05) is 24.5 Å². The number of amides is 1. The molecule has 2 rings (SSSR count). The van der Waals surface area contributed by atoms with Crippen molar-refractivity contribution < 1.29 is 13.2 Å². The van der Waals surface area contributed by atoms with Crippen molar-refractivity contribution in [3.63, 3.8) is 0 Å². The fourth-order valence-electron chi connectivity index (χ4n) is 2.36. The summed E-state index contributed by atoms with van der Waals surface area (Å²) in [6.45, 7) is 2.84. The number of hydrogen-bond donors (Lipinski definition) is 1. The molecular formula is C13H19BrN2O3S2. The Labute approximate surface area is 137 Å². The third-order valence-electron chi connectivity index (χ3n) is 3.47. The summed E-state index contributed by atoms with van der Waals surface area (Å²) in [6, 6.07) is 1.84. The average molecular weight is 395 g/mol. The molecule has 0 atom stereocenters. The SMILES string of the molecule is CCCS(=O)(=O)N1CCC(NC(=O)c2csc(Br)c2)CC1. The Balaban J connectivity index is 1.86. The minimum Gasteiger partial charge on any atom is -0.349 e. The van der Waals surface area contributed by atoms with Crippen LogP contribution >= 0.6 is 27.3 Å². The lowest BCUT2D eigenvalue weighted by atomic mass is 10.1. The van der Waals surface area contributed by atoms with Crippen LogP contribution in [0.25, 0.3) is 0 Å². The average Bonchev–Trinajstić information content (AvgIpc) is 2.86. The van der Waals surface area contributed by atoms with Gasteiger partial charge in [0.05, 0.1) is 15.1 Å². The summed E-state index contributed by atoms with van der Waals surface area (Å²) in [5.41, 5.74) is 0.646.